The SMILES string of the molecule is CC1=C(C(=O)Nc2nc3ccccc3s2)[C@H](c2ccco2)C(C#N)=C(SCC(=O)Nc2ccc(C(C)C)cc2)N1. The third-order valence-electron chi connectivity index (χ3n) is 6.44. The third kappa shape index (κ3) is 5.81. The number of carbonyl (C=O) groups excluding carboxylic acids is 2. The van der Waals surface area contributed by atoms with Gasteiger partial charge in [-0.3, -0.25) is 14.9 Å². The second-order valence-electron chi connectivity index (χ2n) is 9.52. The second kappa shape index (κ2) is 11.8. The highest BCUT2D eigenvalue weighted by Gasteiger charge is 2.36. The summed E-state index contributed by atoms with van der Waals surface area (Å²) in [5.74, 6) is -0.399. The number of nitrogens with zero attached hydrogens (tertiary/aromatic N) is 2. The van der Waals surface area contributed by atoms with E-state index in [2.05, 4.69) is 40.9 Å². The van der Waals surface area contributed by atoms with Crippen LogP contribution >= 0.6 is 23.1 Å². The highest BCUT2D eigenvalue weighted by molar-refractivity contribution is 8.03. The van der Waals surface area contributed by atoms with Gasteiger partial charge < -0.3 is 15.1 Å². The van der Waals surface area contributed by atoms with Gasteiger partial charge in [0.1, 0.15) is 5.76 Å². The number of amides is 2. The molecular formula is C30H27N5O3S2. The zero-order valence-electron chi connectivity index (χ0n) is 22.1. The maximum atomic E-state index is 13.6. The molecule has 8 nitrogen and oxygen atoms in total. The number of thiazole rings is 1. The summed E-state index contributed by atoms with van der Waals surface area (Å²) in [7, 11) is 0. The van der Waals surface area contributed by atoms with Gasteiger partial charge in [0.05, 0.1) is 50.4 Å². The Balaban J connectivity index is 1.35. The monoisotopic (exact) mass is 569 g/mol. The fourth-order valence-electron chi connectivity index (χ4n) is 4.44. The van der Waals surface area contributed by atoms with E-state index in [1.54, 1.807) is 19.1 Å². The van der Waals surface area contributed by atoms with Crippen molar-refractivity contribution in [1.29, 1.82) is 5.26 Å². The number of hydrogen-bond acceptors (Lipinski definition) is 8. The molecule has 2 aromatic carbocycles. The molecule has 10 heteroatoms. The molecular weight excluding hydrogens is 542 g/mol. The van der Waals surface area contributed by atoms with Crippen LogP contribution < -0.4 is 16.0 Å². The summed E-state index contributed by atoms with van der Waals surface area (Å²) in [5, 5.41) is 20.2. The fourth-order valence-corrected chi connectivity index (χ4v) is 6.20. The average molecular weight is 570 g/mol. The average Bonchev–Trinajstić information content (AvgIpc) is 3.61. The van der Waals surface area contributed by atoms with E-state index >= 15 is 0 Å². The number of carbonyl (C=O) groups is 2. The van der Waals surface area contributed by atoms with Crippen molar-refractivity contribution in [2.24, 2.45) is 0 Å². The molecule has 3 heterocycles. The van der Waals surface area contributed by atoms with Gasteiger partial charge in [0.25, 0.3) is 5.91 Å². The first-order valence-electron chi connectivity index (χ1n) is 12.7. The largest absolute Gasteiger partial charge is 0.468 e. The van der Waals surface area contributed by atoms with Crippen LogP contribution in [0.3, 0.4) is 0 Å². The molecule has 0 saturated heterocycles. The van der Waals surface area contributed by atoms with Crippen molar-refractivity contribution in [2.45, 2.75) is 32.6 Å². The topological polar surface area (TPSA) is 120 Å². The van der Waals surface area contributed by atoms with Gasteiger partial charge in [0.2, 0.25) is 5.91 Å². The Morgan fingerprint density at radius 3 is 2.58 bits per heavy atom. The molecule has 0 spiro atoms. The van der Waals surface area contributed by atoms with Crippen molar-refractivity contribution in [2.75, 3.05) is 16.4 Å². The molecule has 3 N–H and O–H groups in total. The molecule has 1 atom stereocenters. The van der Waals surface area contributed by atoms with Crippen LogP contribution in [-0.4, -0.2) is 22.6 Å². The molecule has 0 bridgehead atoms. The lowest BCUT2D eigenvalue weighted by atomic mass is 9.85. The molecule has 0 saturated carbocycles. The van der Waals surface area contributed by atoms with E-state index in [0.29, 0.717) is 44.4 Å². The van der Waals surface area contributed by atoms with E-state index in [1.165, 1.54) is 34.9 Å². The molecule has 4 aromatic rings. The van der Waals surface area contributed by atoms with Gasteiger partial charge in [0.15, 0.2) is 5.13 Å². The van der Waals surface area contributed by atoms with Gasteiger partial charge in [0, 0.05) is 11.4 Å². The lowest BCUT2D eigenvalue weighted by Crippen LogP contribution is -2.31. The normalized spacial score (nSPS) is 15.2. The number of benzene rings is 2. The smallest absolute Gasteiger partial charge is 0.256 e. The molecule has 2 aromatic heterocycles. The zero-order valence-corrected chi connectivity index (χ0v) is 23.8. The van der Waals surface area contributed by atoms with Crippen LogP contribution in [0.5, 0.6) is 0 Å². The Bertz CT molecular complexity index is 1630. The summed E-state index contributed by atoms with van der Waals surface area (Å²) in [4.78, 5) is 30.8. The van der Waals surface area contributed by atoms with E-state index in [9.17, 15) is 14.9 Å². The van der Waals surface area contributed by atoms with Crippen LogP contribution in [0.15, 0.2) is 93.2 Å². The van der Waals surface area contributed by atoms with Gasteiger partial charge in [-0.25, -0.2) is 4.98 Å². The number of dihydropyridines is 1. The van der Waals surface area contributed by atoms with E-state index in [0.717, 1.165) is 10.2 Å². The Morgan fingerprint density at radius 1 is 1.12 bits per heavy atom. The maximum absolute atomic E-state index is 13.6. The minimum atomic E-state index is -0.746. The van der Waals surface area contributed by atoms with Gasteiger partial charge in [-0.05, 0) is 54.8 Å². The molecule has 2 amide bonds. The van der Waals surface area contributed by atoms with Crippen LogP contribution in [0.2, 0.25) is 0 Å². The Labute approximate surface area is 240 Å². The number of fused-ring (bicyclic) bond motifs is 1. The second-order valence-corrected chi connectivity index (χ2v) is 11.5. The quantitative estimate of drug-likeness (QED) is 0.215. The molecule has 0 radical (unpaired) electrons. The van der Waals surface area contributed by atoms with E-state index < -0.39 is 5.92 Å². The number of anilines is 2. The number of furan rings is 1. The van der Waals surface area contributed by atoms with Crippen LogP contribution in [0.1, 0.15) is 43.9 Å². The number of thioether (sulfide) groups is 1. The number of allylic oxidation sites excluding steroid dienone is 2. The molecule has 0 fully saturated rings. The molecule has 5 rings (SSSR count). The highest BCUT2D eigenvalue weighted by Crippen LogP contribution is 2.41. The van der Waals surface area contributed by atoms with Crippen LogP contribution in [0, 0.1) is 11.3 Å². The first kappa shape index (κ1) is 27.2. The van der Waals surface area contributed by atoms with Gasteiger partial charge in [-0.15, -0.1) is 0 Å². The Hall–Kier alpha value is -4.33. The van der Waals surface area contributed by atoms with E-state index in [-0.39, 0.29) is 17.6 Å². The number of rotatable bonds is 8. The Morgan fingerprint density at radius 2 is 1.90 bits per heavy atom. The van der Waals surface area contributed by atoms with E-state index in [1.807, 2.05) is 48.5 Å². The molecule has 202 valence electrons. The summed E-state index contributed by atoms with van der Waals surface area (Å²) in [5.41, 5.74) is 3.91. The first-order chi connectivity index (χ1) is 19.3. The van der Waals surface area contributed by atoms with Crippen LogP contribution in [0.4, 0.5) is 10.8 Å². The molecule has 1 aliphatic rings. The lowest BCUT2D eigenvalue weighted by molar-refractivity contribution is -0.114. The van der Waals surface area contributed by atoms with Gasteiger partial charge >= 0.3 is 0 Å². The fraction of sp³-hybridized carbons (Fsp3) is 0.200. The van der Waals surface area contributed by atoms with E-state index in [4.69, 9.17) is 4.42 Å². The number of nitriles is 1. The zero-order chi connectivity index (χ0) is 28.2. The Kier molecular flexibility index (Phi) is 8.05. The lowest BCUT2D eigenvalue weighted by Gasteiger charge is -2.28. The molecule has 1 aliphatic heterocycles. The number of nitrogens with one attached hydrogen (secondary N) is 3. The predicted molar refractivity (Wildman–Crippen MR) is 160 cm³/mol. The van der Waals surface area contributed by atoms with Gasteiger partial charge in [-0.1, -0.05) is 61.2 Å². The minimum Gasteiger partial charge on any atom is -0.468 e. The van der Waals surface area contributed by atoms with Crippen molar-refractivity contribution >= 4 is 55.9 Å². The summed E-state index contributed by atoms with van der Waals surface area (Å²) in [6.07, 6.45) is 1.51. The first-order valence-corrected chi connectivity index (χ1v) is 14.5. The minimum absolute atomic E-state index is 0.0742. The van der Waals surface area contributed by atoms with Crippen molar-refractivity contribution in [3.8, 4) is 6.07 Å². The van der Waals surface area contributed by atoms with Crippen molar-refractivity contribution in [3.63, 3.8) is 0 Å². The summed E-state index contributed by atoms with van der Waals surface area (Å²) >= 11 is 2.58. The third-order valence-corrected chi connectivity index (χ3v) is 8.41. The van der Waals surface area contributed by atoms with Crippen LogP contribution in [-0.2, 0) is 9.59 Å². The summed E-state index contributed by atoms with van der Waals surface area (Å²) < 4.78 is 6.64. The van der Waals surface area contributed by atoms with Crippen LogP contribution in [0.25, 0.3) is 10.2 Å². The summed E-state index contributed by atoms with van der Waals surface area (Å²) in [6, 6.07) is 21.1. The molecule has 0 aliphatic carbocycles. The highest BCUT2D eigenvalue weighted by atomic mass is 32.2. The number of hydrogen-bond donors (Lipinski definition) is 3. The van der Waals surface area contributed by atoms with Gasteiger partial charge in [-0.2, -0.15) is 5.26 Å². The predicted octanol–water partition coefficient (Wildman–Crippen LogP) is 6.72. The number of aromatic nitrogens is 1. The molecule has 40 heavy (non-hydrogen) atoms. The maximum Gasteiger partial charge on any atom is 0.256 e. The van der Waals surface area contributed by atoms with Crippen molar-refractivity contribution in [1.82, 2.24) is 10.3 Å². The number of para-hydroxylation sites is 1. The standard InChI is InChI=1S/C30H27N5O3S2/c1-17(2)19-10-12-20(13-11-19)33-25(36)16-39-29-21(15-31)27(23-8-6-14-38-23)26(18(3)32-29)28(37)35-30-34-22-7-4-5-9-24(22)40-30/h4-14,17,27,32H,16H2,1-3H3,(H,33,36)(H,34,35,37)/t27-/m0/s1. The summed E-state index contributed by atoms with van der Waals surface area (Å²) in [6.45, 7) is 6.00. The molecule has 0 unspecified atom stereocenters. The van der Waals surface area contributed by atoms with Crippen molar-refractivity contribution in [3.05, 3.63) is 100 Å². The van der Waals surface area contributed by atoms with Crippen molar-refractivity contribution < 1.29 is 14.0 Å².